The average molecular weight is 355 g/mol. The molecule has 2 aromatic heterocycles. The van der Waals surface area contributed by atoms with Crippen LogP contribution in [0.5, 0.6) is 0 Å². The van der Waals surface area contributed by atoms with E-state index in [0.29, 0.717) is 13.1 Å². The summed E-state index contributed by atoms with van der Waals surface area (Å²) in [6.45, 7) is 9.14. The Kier molecular flexibility index (Phi) is 4.92. The van der Waals surface area contributed by atoms with E-state index in [1.165, 1.54) is 17.5 Å². The second-order valence-electron chi connectivity index (χ2n) is 6.60. The molecule has 0 unspecified atom stereocenters. The van der Waals surface area contributed by atoms with Crippen molar-refractivity contribution < 1.29 is 4.79 Å². The standard InChI is InChI=1S/C18H25N7O/c1-6-25-17(19-10-20-25)13(4)21-18(26)24(5)9-16-22-14-7-11(2)12(3)8-15(14)23-16/h7-8,10,13H,6,9H2,1-5H3,(H,21,26)(H,22,23)/t13-/m0/s1. The highest BCUT2D eigenvalue weighted by atomic mass is 16.2. The van der Waals surface area contributed by atoms with Gasteiger partial charge in [-0.3, -0.25) is 0 Å². The third kappa shape index (κ3) is 3.54. The van der Waals surface area contributed by atoms with Gasteiger partial charge in [-0.2, -0.15) is 5.10 Å². The molecule has 0 saturated carbocycles. The first kappa shape index (κ1) is 17.9. The molecule has 3 aromatic rings. The third-order valence-corrected chi connectivity index (χ3v) is 4.55. The number of benzene rings is 1. The van der Waals surface area contributed by atoms with Gasteiger partial charge in [-0.25, -0.2) is 19.4 Å². The molecule has 0 spiro atoms. The van der Waals surface area contributed by atoms with Gasteiger partial charge in [0.25, 0.3) is 0 Å². The molecular formula is C18H25N7O. The second-order valence-corrected chi connectivity index (χ2v) is 6.60. The monoisotopic (exact) mass is 355 g/mol. The first-order valence-corrected chi connectivity index (χ1v) is 8.74. The zero-order valence-electron chi connectivity index (χ0n) is 15.9. The number of hydrogen-bond acceptors (Lipinski definition) is 4. The van der Waals surface area contributed by atoms with E-state index in [2.05, 4.69) is 51.3 Å². The summed E-state index contributed by atoms with van der Waals surface area (Å²) in [6.07, 6.45) is 1.50. The van der Waals surface area contributed by atoms with Crippen LogP contribution in [0.25, 0.3) is 11.0 Å². The molecule has 0 aliphatic rings. The molecule has 8 heteroatoms. The van der Waals surface area contributed by atoms with Crippen LogP contribution < -0.4 is 5.32 Å². The SMILES string of the molecule is CCn1ncnc1[C@H](C)NC(=O)N(C)Cc1nc2cc(C)c(C)cc2[nH]1. The molecule has 0 fully saturated rings. The molecule has 0 aliphatic carbocycles. The van der Waals surface area contributed by atoms with Gasteiger partial charge in [0.15, 0.2) is 0 Å². The van der Waals surface area contributed by atoms with Gasteiger partial charge in [0.05, 0.1) is 23.6 Å². The van der Waals surface area contributed by atoms with Crippen molar-refractivity contribution in [3.05, 3.63) is 41.2 Å². The van der Waals surface area contributed by atoms with E-state index in [-0.39, 0.29) is 12.1 Å². The average Bonchev–Trinajstić information content (AvgIpc) is 3.21. The number of aromatic amines is 1. The maximum atomic E-state index is 12.5. The zero-order valence-corrected chi connectivity index (χ0v) is 15.9. The molecule has 1 atom stereocenters. The summed E-state index contributed by atoms with van der Waals surface area (Å²) in [5, 5.41) is 7.09. The number of urea groups is 1. The van der Waals surface area contributed by atoms with Crippen molar-refractivity contribution in [2.24, 2.45) is 0 Å². The minimum absolute atomic E-state index is 0.184. The van der Waals surface area contributed by atoms with Crippen molar-refractivity contribution in [3.8, 4) is 0 Å². The van der Waals surface area contributed by atoms with Gasteiger partial charge in [-0.15, -0.1) is 0 Å². The predicted molar refractivity (Wildman–Crippen MR) is 99.7 cm³/mol. The summed E-state index contributed by atoms with van der Waals surface area (Å²) in [5.41, 5.74) is 4.32. The highest BCUT2D eigenvalue weighted by Gasteiger charge is 2.18. The summed E-state index contributed by atoms with van der Waals surface area (Å²) in [5.74, 6) is 1.50. The van der Waals surface area contributed by atoms with Crippen LogP contribution in [0.2, 0.25) is 0 Å². The van der Waals surface area contributed by atoms with Crippen molar-refractivity contribution in [3.63, 3.8) is 0 Å². The van der Waals surface area contributed by atoms with Crippen molar-refractivity contribution in [2.45, 2.75) is 46.8 Å². The quantitative estimate of drug-likeness (QED) is 0.736. The molecule has 0 bridgehead atoms. The Balaban J connectivity index is 1.67. The van der Waals surface area contributed by atoms with Gasteiger partial charge in [-0.05, 0) is 51.0 Å². The molecule has 2 amide bonds. The van der Waals surface area contributed by atoms with Crippen LogP contribution in [0.3, 0.4) is 0 Å². The molecule has 2 N–H and O–H groups in total. The number of nitrogens with zero attached hydrogens (tertiary/aromatic N) is 5. The predicted octanol–water partition coefficient (Wildman–Crippen LogP) is 2.69. The Hall–Kier alpha value is -2.90. The number of amides is 2. The smallest absolute Gasteiger partial charge is 0.318 e. The fourth-order valence-electron chi connectivity index (χ4n) is 2.91. The highest BCUT2D eigenvalue weighted by Crippen LogP contribution is 2.18. The molecule has 1 aromatic carbocycles. The first-order chi connectivity index (χ1) is 12.4. The van der Waals surface area contributed by atoms with E-state index in [9.17, 15) is 4.79 Å². The molecule has 0 saturated heterocycles. The summed E-state index contributed by atoms with van der Waals surface area (Å²) in [7, 11) is 1.75. The normalized spacial score (nSPS) is 12.3. The van der Waals surface area contributed by atoms with E-state index in [1.54, 1.807) is 16.6 Å². The Labute approximate surface area is 152 Å². The lowest BCUT2D eigenvalue weighted by Crippen LogP contribution is -2.39. The van der Waals surface area contributed by atoms with Crippen molar-refractivity contribution in [1.82, 2.24) is 34.9 Å². The highest BCUT2D eigenvalue weighted by molar-refractivity contribution is 5.77. The number of aromatic nitrogens is 5. The van der Waals surface area contributed by atoms with Gasteiger partial charge >= 0.3 is 6.03 Å². The Morgan fingerprint density at radius 1 is 1.35 bits per heavy atom. The first-order valence-electron chi connectivity index (χ1n) is 8.74. The fraction of sp³-hybridized carbons (Fsp3) is 0.444. The fourth-order valence-corrected chi connectivity index (χ4v) is 2.91. The molecule has 26 heavy (non-hydrogen) atoms. The van der Waals surface area contributed by atoms with Crippen molar-refractivity contribution in [2.75, 3.05) is 7.05 Å². The summed E-state index contributed by atoms with van der Waals surface area (Å²) < 4.78 is 1.77. The molecule has 2 heterocycles. The largest absolute Gasteiger partial charge is 0.340 e. The minimum Gasteiger partial charge on any atom is -0.340 e. The van der Waals surface area contributed by atoms with E-state index in [4.69, 9.17) is 0 Å². The maximum Gasteiger partial charge on any atom is 0.318 e. The second kappa shape index (κ2) is 7.15. The van der Waals surface area contributed by atoms with Crippen LogP contribution in [-0.2, 0) is 13.1 Å². The topological polar surface area (TPSA) is 91.7 Å². The molecule has 138 valence electrons. The Morgan fingerprint density at radius 2 is 2.08 bits per heavy atom. The number of carbonyl (C=O) groups excluding carboxylic acids is 1. The van der Waals surface area contributed by atoms with Crippen LogP contribution >= 0.6 is 0 Å². The van der Waals surface area contributed by atoms with E-state index < -0.39 is 0 Å². The van der Waals surface area contributed by atoms with E-state index in [0.717, 1.165) is 22.7 Å². The lowest BCUT2D eigenvalue weighted by atomic mass is 10.1. The van der Waals surface area contributed by atoms with Gasteiger partial charge in [0, 0.05) is 13.6 Å². The molecule has 0 radical (unpaired) electrons. The lowest BCUT2D eigenvalue weighted by Gasteiger charge is -2.20. The summed E-state index contributed by atoms with van der Waals surface area (Å²) in [6, 6.07) is 3.73. The molecule has 3 rings (SSSR count). The van der Waals surface area contributed by atoms with Gasteiger partial charge < -0.3 is 15.2 Å². The molecule has 8 nitrogen and oxygen atoms in total. The van der Waals surface area contributed by atoms with Gasteiger partial charge in [0.1, 0.15) is 18.0 Å². The summed E-state index contributed by atoms with van der Waals surface area (Å²) >= 11 is 0. The Morgan fingerprint density at radius 3 is 2.81 bits per heavy atom. The van der Waals surface area contributed by atoms with Crippen LogP contribution in [-0.4, -0.2) is 42.7 Å². The van der Waals surface area contributed by atoms with Crippen LogP contribution in [0.1, 0.15) is 42.7 Å². The number of fused-ring (bicyclic) bond motifs is 1. The molecular weight excluding hydrogens is 330 g/mol. The molecule has 0 aliphatic heterocycles. The van der Waals surface area contributed by atoms with E-state index >= 15 is 0 Å². The van der Waals surface area contributed by atoms with Crippen LogP contribution in [0, 0.1) is 13.8 Å². The number of rotatable bonds is 5. The zero-order chi connectivity index (χ0) is 18.8. The third-order valence-electron chi connectivity index (χ3n) is 4.55. The van der Waals surface area contributed by atoms with Crippen molar-refractivity contribution >= 4 is 17.1 Å². The Bertz CT molecular complexity index is 888. The number of aryl methyl sites for hydroxylation is 3. The van der Waals surface area contributed by atoms with Crippen molar-refractivity contribution in [1.29, 1.82) is 0 Å². The van der Waals surface area contributed by atoms with E-state index in [1.807, 2.05) is 13.8 Å². The lowest BCUT2D eigenvalue weighted by molar-refractivity contribution is 0.201. The minimum atomic E-state index is -0.228. The van der Waals surface area contributed by atoms with Crippen LogP contribution in [0.15, 0.2) is 18.5 Å². The van der Waals surface area contributed by atoms with Crippen LogP contribution in [0.4, 0.5) is 4.79 Å². The number of hydrogen-bond donors (Lipinski definition) is 2. The summed E-state index contributed by atoms with van der Waals surface area (Å²) in [4.78, 5) is 26.2. The number of nitrogens with one attached hydrogen (secondary N) is 2. The number of imidazole rings is 1. The maximum absolute atomic E-state index is 12.5. The van der Waals surface area contributed by atoms with Gasteiger partial charge in [0.2, 0.25) is 0 Å². The number of H-pyrrole nitrogens is 1. The number of carbonyl (C=O) groups is 1. The van der Waals surface area contributed by atoms with Gasteiger partial charge in [-0.1, -0.05) is 0 Å².